The highest BCUT2D eigenvalue weighted by Crippen LogP contribution is 2.32. The van der Waals surface area contributed by atoms with E-state index in [1.165, 1.54) is 0 Å². The summed E-state index contributed by atoms with van der Waals surface area (Å²) >= 11 is 0. The summed E-state index contributed by atoms with van der Waals surface area (Å²) in [7, 11) is 0. The van der Waals surface area contributed by atoms with E-state index >= 15 is 0 Å². The molecule has 4 atom stereocenters. The third-order valence-electron chi connectivity index (χ3n) is 2.42. The zero-order valence-electron chi connectivity index (χ0n) is 6.14. The first kappa shape index (κ1) is 7.49. The molecule has 2 aliphatic rings. The number of aliphatic hydroxyl groups excluding tert-OH is 2. The first-order valence-corrected chi connectivity index (χ1v) is 3.85. The summed E-state index contributed by atoms with van der Waals surface area (Å²) in [5, 5.41) is 18.1. The van der Waals surface area contributed by atoms with Crippen LogP contribution in [0.3, 0.4) is 0 Å². The van der Waals surface area contributed by atoms with Crippen molar-refractivity contribution in [3.8, 4) is 0 Å². The van der Waals surface area contributed by atoms with Crippen LogP contribution in [0.5, 0.6) is 0 Å². The molecule has 2 saturated heterocycles. The van der Waals surface area contributed by atoms with E-state index in [1.807, 2.05) is 0 Å². The highest BCUT2D eigenvalue weighted by atomic mass is 16.6. The van der Waals surface area contributed by atoms with Gasteiger partial charge in [-0.15, -0.1) is 0 Å². The molecule has 4 nitrogen and oxygen atoms in total. The van der Waals surface area contributed by atoms with Crippen LogP contribution >= 0.6 is 0 Å². The van der Waals surface area contributed by atoms with Crippen LogP contribution < -0.4 is 0 Å². The molecule has 2 unspecified atom stereocenters. The van der Waals surface area contributed by atoms with Gasteiger partial charge in [-0.1, -0.05) is 0 Å². The van der Waals surface area contributed by atoms with Crippen molar-refractivity contribution in [2.24, 2.45) is 5.92 Å². The SMILES string of the molecule is OCC1OC[C@@H](O)C2OC[C@H]12. The number of hydrogen-bond donors (Lipinski definition) is 2. The minimum absolute atomic E-state index is 0.0250. The molecule has 2 fully saturated rings. The topological polar surface area (TPSA) is 58.9 Å². The Morgan fingerprint density at radius 2 is 2.09 bits per heavy atom. The summed E-state index contributed by atoms with van der Waals surface area (Å²) in [5.41, 5.74) is 0. The normalized spacial score (nSPS) is 49.6. The fourth-order valence-electron chi connectivity index (χ4n) is 1.66. The average molecular weight is 160 g/mol. The van der Waals surface area contributed by atoms with E-state index in [0.717, 1.165) is 0 Å². The van der Waals surface area contributed by atoms with E-state index in [-0.39, 0.29) is 31.3 Å². The monoisotopic (exact) mass is 160 g/mol. The average Bonchev–Trinajstić information content (AvgIpc) is 1.93. The van der Waals surface area contributed by atoms with Gasteiger partial charge in [0, 0.05) is 5.92 Å². The van der Waals surface area contributed by atoms with Crippen LogP contribution in [0.4, 0.5) is 0 Å². The predicted octanol–water partition coefficient (Wildman–Crippen LogP) is -1.25. The largest absolute Gasteiger partial charge is 0.394 e. The molecule has 2 aliphatic heterocycles. The van der Waals surface area contributed by atoms with E-state index in [4.69, 9.17) is 14.6 Å². The van der Waals surface area contributed by atoms with Gasteiger partial charge in [-0.2, -0.15) is 0 Å². The van der Waals surface area contributed by atoms with Crippen LogP contribution in [-0.2, 0) is 9.47 Å². The number of rotatable bonds is 1. The molecule has 0 spiro atoms. The molecule has 0 radical (unpaired) electrons. The van der Waals surface area contributed by atoms with Gasteiger partial charge < -0.3 is 19.7 Å². The van der Waals surface area contributed by atoms with Gasteiger partial charge in [-0.05, 0) is 0 Å². The first-order chi connectivity index (χ1) is 5.33. The molecule has 2 rings (SSSR count). The molecule has 4 heteroatoms. The summed E-state index contributed by atoms with van der Waals surface area (Å²) in [4.78, 5) is 0. The Hall–Kier alpha value is -0.160. The molecule has 11 heavy (non-hydrogen) atoms. The van der Waals surface area contributed by atoms with Crippen LogP contribution in [0.25, 0.3) is 0 Å². The molecule has 2 N–H and O–H groups in total. The lowest BCUT2D eigenvalue weighted by Crippen LogP contribution is -2.60. The third kappa shape index (κ3) is 1.06. The van der Waals surface area contributed by atoms with Gasteiger partial charge in [-0.25, -0.2) is 0 Å². The first-order valence-electron chi connectivity index (χ1n) is 3.85. The Morgan fingerprint density at radius 3 is 2.64 bits per heavy atom. The van der Waals surface area contributed by atoms with Crippen molar-refractivity contribution < 1.29 is 19.7 Å². The lowest BCUT2D eigenvalue weighted by molar-refractivity contribution is -0.260. The van der Waals surface area contributed by atoms with E-state index in [0.29, 0.717) is 6.61 Å². The molecule has 0 amide bonds. The summed E-state index contributed by atoms with van der Waals surface area (Å²) in [6, 6.07) is 0. The molecule has 0 aliphatic carbocycles. The van der Waals surface area contributed by atoms with Crippen molar-refractivity contribution in [2.45, 2.75) is 18.3 Å². The molecule has 64 valence electrons. The maximum atomic E-state index is 9.28. The molecule has 0 bridgehead atoms. The summed E-state index contributed by atoms with van der Waals surface area (Å²) in [6.45, 7) is 0.913. The third-order valence-corrected chi connectivity index (χ3v) is 2.42. The molecule has 0 aromatic carbocycles. The predicted molar refractivity (Wildman–Crippen MR) is 36.1 cm³/mol. The summed E-state index contributed by atoms with van der Waals surface area (Å²) in [5.74, 6) is 0.198. The van der Waals surface area contributed by atoms with Crippen molar-refractivity contribution in [3.05, 3.63) is 0 Å². The quantitative estimate of drug-likeness (QED) is 0.503. The molecule has 0 aromatic heterocycles. The second-order valence-corrected chi connectivity index (χ2v) is 3.08. The van der Waals surface area contributed by atoms with Crippen LogP contribution in [0.15, 0.2) is 0 Å². The Labute approximate surface area is 64.7 Å². The lowest BCUT2D eigenvalue weighted by Gasteiger charge is -2.47. The van der Waals surface area contributed by atoms with Crippen LogP contribution in [-0.4, -0.2) is 48.3 Å². The molecule has 0 aromatic rings. The fraction of sp³-hybridized carbons (Fsp3) is 1.00. The zero-order valence-corrected chi connectivity index (χ0v) is 6.14. The van der Waals surface area contributed by atoms with E-state index in [9.17, 15) is 5.11 Å². The lowest BCUT2D eigenvalue weighted by atomic mass is 9.86. The Balaban J connectivity index is 1.99. The minimum atomic E-state index is -0.503. The molecule has 0 saturated carbocycles. The van der Waals surface area contributed by atoms with Crippen LogP contribution in [0.1, 0.15) is 0 Å². The standard InChI is InChI=1S/C7H12O4/c8-1-6-4-2-11-7(4)5(9)3-10-6/h4-9H,1-3H2/t4-,5-,6?,7?/m1/s1. The maximum Gasteiger partial charge on any atom is 0.104 e. The Bertz CT molecular complexity index is 145. The number of aliphatic hydroxyl groups is 2. The van der Waals surface area contributed by atoms with Crippen molar-refractivity contribution in [3.63, 3.8) is 0 Å². The maximum absolute atomic E-state index is 9.28. The van der Waals surface area contributed by atoms with Crippen molar-refractivity contribution in [1.29, 1.82) is 0 Å². The number of fused-ring (bicyclic) bond motifs is 1. The molecule has 2 heterocycles. The van der Waals surface area contributed by atoms with E-state index in [2.05, 4.69) is 0 Å². The molecular weight excluding hydrogens is 148 g/mol. The van der Waals surface area contributed by atoms with Gasteiger partial charge in [0.25, 0.3) is 0 Å². The van der Waals surface area contributed by atoms with Gasteiger partial charge in [-0.3, -0.25) is 0 Å². The summed E-state index contributed by atoms with van der Waals surface area (Å²) in [6.07, 6.45) is -0.727. The smallest absolute Gasteiger partial charge is 0.104 e. The van der Waals surface area contributed by atoms with Gasteiger partial charge in [0.15, 0.2) is 0 Å². The highest BCUT2D eigenvalue weighted by molar-refractivity contribution is 4.93. The highest BCUT2D eigenvalue weighted by Gasteiger charge is 2.46. The Kier molecular flexibility index (Phi) is 1.85. The number of hydrogen-bond acceptors (Lipinski definition) is 4. The van der Waals surface area contributed by atoms with Gasteiger partial charge in [0.2, 0.25) is 0 Å². The fourth-order valence-corrected chi connectivity index (χ4v) is 1.66. The van der Waals surface area contributed by atoms with Crippen molar-refractivity contribution in [2.75, 3.05) is 19.8 Å². The summed E-state index contributed by atoms with van der Waals surface area (Å²) < 4.78 is 10.3. The molecular formula is C7H12O4. The second-order valence-electron chi connectivity index (χ2n) is 3.08. The van der Waals surface area contributed by atoms with Crippen molar-refractivity contribution >= 4 is 0 Å². The van der Waals surface area contributed by atoms with E-state index < -0.39 is 6.10 Å². The van der Waals surface area contributed by atoms with E-state index in [1.54, 1.807) is 0 Å². The van der Waals surface area contributed by atoms with Crippen LogP contribution in [0, 0.1) is 5.92 Å². The van der Waals surface area contributed by atoms with Crippen LogP contribution in [0.2, 0.25) is 0 Å². The van der Waals surface area contributed by atoms with Crippen molar-refractivity contribution in [1.82, 2.24) is 0 Å². The van der Waals surface area contributed by atoms with Gasteiger partial charge in [0.1, 0.15) is 6.10 Å². The van der Waals surface area contributed by atoms with Gasteiger partial charge in [0.05, 0.1) is 32.0 Å². The van der Waals surface area contributed by atoms with Gasteiger partial charge >= 0.3 is 0 Å². The Morgan fingerprint density at radius 1 is 1.27 bits per heavy atom. The number of ether oxygens (including phenoxy) is 2. The second kappa shape index (κ2) is 2.71. The zero-order chi connectivity index (χ0) is 7.84. The minimum Gasteiger partial charge on any atom is -0.394 e.